The summed E-state index contributed by atoms with van der Waals surface area (Å²) in [5.74, 6) is -0.879. The molecule has 2 amide bonds. The summed E-state index contributed by atoms with van der Waals surface area (Å²) in [5, 5.41) is 6.26. The number of rotatable bonds is 8. The average molecular weight is 481 g/mol. The van der Waals surface area contributed by atoms with Gasteiger partial charge < -0.3 is 10.6 Å². The van der Waals surface area contributed by atoms with E-state index in [9.17, 15) is 9.59 Å². The number of nitrogens with one attached hydrogen (secondary N) is 2. The van der Waals surface area contributed by atoms with Crippen molar-refractivity contribution in [1.82, 2.24) is 5.32 Å². The third kappa shape index (κ3) is 7.21. The SMILES string of the molecule is CCCCc1ccc(C(=O)N/C(=C\c2ccc(C)cc2)C(=O)Nc2cc(Cl)ccc2Cl)cc1. The number of amides is 2. The van der Waals surface area contributed by atoms with Crippen molar-refractivity contribution >= 4 is 46.8 Å². The Bertz CT molecular complexity index is 1150. The van der Waals surface area contributed by atoms with E-state index in [2.05, 4.69) is 17.6 Å². The number of benzene rings is 3. The lowest BCUT2D eigenvalue weighted by Gasteiger charge is -2.13. The molecule has 2 N–H and O–H groups in total. The van der Waals surface area contributed by atoms with Crippen molar-refractivity contribution in [2.75, 3.05) is 5.32 Å². The molecule has 4 nitrogen and oxygen atoms in total. The first-order valence-corrected chi connectivity index (χ1v) is 11.6. The fourth-order valence-corrected chi connectivity index (χ4v) is 3.51. The Hall–Kier alpha value is -3.08. The minimum atomic E-state index is -0.507. The first-order valence-electron chi connectivity index (χ1n) is 10.8. The monoisotopic (exact) mass is 480 g/mol. The van der Waals surface area contributed by atoms with Crippen molar-refractivity contribution in [3.8, 4) is 0 Å². The lowest BCUT2D eigenvalue weighted by Crippen LogP contribution is -2.30. The molecule has 0 aliphatic rings. The highest BCUT2D eigenvalue weighted by Crippen LogP contribution is 2.26. The number of carbonyl (C=O) groups excluding carboxylic acids is 2. The second-order valence-electron chi connectivity index (χ2n) is 7.80. The van der Waals surface area contributed by atoms with Crippen LogP contribution in [0.4, 0.5) is 5.69 Å². The van der Waals surface area contributed by atoms with Crippen molar-refractivity contribution in [3.63, 3.8) is 0 Å². The van der Waals surface area contributed by atoms with Gasteiger partial charge in [0.15, 0.2) is 0 Å². The summed E-state index contributed by atoms with van der Waals surface area (Å²) in [4.78, 5) is 26.0. The number of hydrogen-bond acceptors (Lipinski definition) is 2. The van der Waals surface area contributed by atoms with E-state index in [1.807, 2.05) is 43.3 Å². The molecule has 0 fully saturated rings. The average Bonchev–Trinajstić information content (AvgIpc) is 2.81. The van der Waals surface area contributed by atoms with Gasteiger partial charge in [0.2, 0.25) is 0 Å². The van der Waals surface area contributed by atoms with Crippen LogP contribution in [0.2, 0.25) is 10.0 Å². The van der Waals surface area contributed by atoms with Crippen LogP contribution in [0.5, 0.6) is 0 Å². The number of unbranched alkanes of at least 4 members (excludes halogenated alkanes) is 1. The third-order valence-corrected chi connectivity index (χ3v) is 5.66. The summed E-state index contributed by atoms with van der Waals surface area (Å²) < 4.78 is 0. The molecule has 33 heavy (non-hydrogen) atoms. The number of anilines is 1. The summed E-state index contributed by atoms with van der Waals surface area (Å²) in [5.41, 5.74) is 3.97. The zero-order valence-electron chi connectivity index (χ0n) is 18.6. The maximum absolute atomic E-state index is 13.1. The molecule has 0 bridgehead atoms. The Morgan fingerprint density at radius 1 is 0.939 bits per heavy atom. The Morgan fingerprint density at radius 2 is 1.64 bits per heavy atom. The smallest absolute Gasteiger partial charge is 0.272 e. The molecule has 0 aliphatic heterocycles. The molecule has 3 aromatic carbocycles. The summed E-state index contributed by atoms with van der Waals surface area (Å²) in [7, 11) is 0. The number of carbonyl (C=O) groups is 2. The summed E-state index contributed by atoms with van der Waals surface area (Å²) >= 11 is 12.2. The first-order chi connectivity index (χ1) is 15.9. The Kier molecular flexibility index (Phi) is 8.70. The highest BCUT2D eigenvalue weighted by atomic mass is 35.5. The molecule has 0 spiro atoms. The van der Waals surface area contributed by atoms with E-state index in [0.717, 1.165) is 30.4 Å². The standard InChI is InChI=1S/C27H26Cl2N2O2/c1-3-4-5-19-10-12-21(13-11-19)26(32)31-25(16-20-8-6-18(2)7-9-20)27(33)30-24-17-22(28)14-15-23(24)29/h6-17H,3-5H2,1-2H3,(H,30,33)(H,31,32)/b25-16-. The number of hydrogen-bond donors (Lipinski definition) is 2. The predicted octanol–water partition coefficient (Wildman–Crippen LogP) is 7.05. The van der Waals surface area contributed by atoms with Gasteiger partial charge in [-0.15, -0.1) is 0 Å². The molecule has 0 aromatic heterocycles. The molecule has 0 unspecified atom stereocenters. The van der Waals surface area contributed by atoms with E-state index in [1.54, 1.807) is 36.4 Å². The molecular formula is C27H26Cl2N2O2. The van der Waals surface area contributed by atoms with Gasteiger partial charge in [0.25, 0.3) is 11.8 Å². The minimum Gasteiger partial charge on any atom is -0.319 e. The molecule has 6 heteroatoms. The number of aryl methyl sites for hydroxylation is 2. The Balaban J connectivity index is 1.85. The molecule has 0 radical (unpaired) electrons. The van der Waals surface area contributed by atoms with E-state index in [-0.39, 0.29) is 11.6 Å². The molecule has 170 valence electrons. The van der Waals surface area contributed by atoms with Crippen LogP contribution in [-0.4, -0.2) is 11.8 Å². The van der Waals surface area contributed by atoms with Crippen LogP contribution in [0.15, 0.2) is 72.4 Å². The second-order valence-corrected chi connectivity index (χ2v) is 8.65. The van der Waals surface area contributed by atoms with Crippen LogP contribution >= 0.6 is 23.2 Å². The van der Waals surface area contributed by atoms with Crippen LogP contribution in [0.1, 0.15) is 46.8 Å². The van der Waals surface area contributed by atoms with Gasteiger partial charge in [-0.05, 0) is 67.3 Å². The topological polar surface area (TPSA) is 58.2 Å². The third-order valence-electron chi connectivity index (χ3n) is 5.09. The molecule has 0 heterocycles. The fraction of sp³-hybridized carbons (Fsp3) is 0.185. The lowest BCUT2D eigenvalue weighted by atomic mass is 10.1. The van der Waals surface area contributed by atoms with Crippen LogP contribution in [0.3, 0.4) is 0 Å². The highest BCUT2D eigenvalue weighted by Gasteiger charge is 2.16. The zero-order valence-corrected chi connectivity index (χ0v) is 20.1. The van der Waals surface area contributed by atoms with Gasteiger partial charge in [-0.2, -0.15) is 0 Å². The van der Waals surface area contributed by atoms with Gasteiger partial charge in [-0.3, -0.25) is 9.59 Å². The summed E-state index contributed by atoms with van der Waals surface area (Å²) in [6.07, 6.45) is 4.81. The van der Waals surface area contributed by atoms with E-state index in [4.69, 9.17) is 23.2 Å². The molecule has 0 saturated heterocycles. The van der Waals surface area contributed by atoms with Crippen molar-refractivity contribution in [3.05, 3.63) is 105 Å². The maximum Gasteiger partial charge on any atom is 0.272 e. The van der Waals surface area contributed by atoms with Crippen molar-refractivity contribution in [2.45, 2.75) is 33.1 Å². The first kappa shape index (κ1) is 24.6. The molecule has 0 saturated carbocycles. The second kappa shape index (κ2) is 11.7. The largest absolute Gasteiger partial charge is 0.319 e. The number of halogens is 2. The van der Waals surface area contributed by atoms with Gasteiger partial charge in [-0.25, -0.2) is 0 Å². The van der Waals surface area contributed by atoms with Gasteiger partial charge in [0.05, 0.1) is 10.7 Å². The van der Waals surface area contributed by atoms with Crippen molar-refractivity contribution in [2.24, 2.45) is 0 Å². The van der Waals surface area contributed by atoms with E-state index >= 15 is 0 Å². The van der Waals surface area contributed by atoms with Crippen LogP contribution in [0.25, 0.3) is 6.08 Å². The van der Waals surface area contributed by atoms with E-state index < -0.39 is 5.91 Å². The van der Waals surface area contributed by atoms with Crippen LogP contribution in [0, 0.1) is 6.92 Å². The van der Waals surface area contributed by atoms with E-state index in [0.29, 0.717) is 21.3 Å². The van der Waals surface area contributed by atoms with Gasteiger partial charge >= 0.3 is 0 Å². The van der Waals surface area contributed by atoms with Gasteiger partial charge in [0.1, 0.15) is 5.70 Å². The lowest BCUT2D eigenvalue weighted by molar-refractivity contribution is -0.113. The van der Waals surface area contributed by atoms with Gasteiger partial charge in [0, 0.05) is 10.6 Å². The molecule has 0 aliphatic carbocycles. The van der Waals surface area contributed by atoms with Crippen molar-refractivity contribution in [1.29, 1.82) is 0 Å². The fourth-order valence-electron chi connectivity index (χ4n) is 3.17. The van der Waals surface area contributed by atoms with Crippen molar-refractivity contribution < 1.29 is 9.59 Å². The predicted molar refractivity (Wildman–Crippen MR) is 137 cm³/mol. The van der Waals surface area contributed by atoms with Gasteiger partial charge in [-0.1, -0.05) is 78.5 Å². The zero-order chi connectivity index (χ0) is 23.8. The Labute approximate surface area is 204 Å². The molecule has 3 rings (SSSR count). The minimum absolute atomic E-state index is 0.0926. The summed E-state index contributed by atoms with van der Waals surface area (Å²) in [6.45, 7) is 4.12. The van der Waals surface area contributed by atoms with E-state index in [1.165, 1.54) is 5.56 Å². The van der Waals surface area contributed by atoms with Crippen LogP contribution in [-0.2, 0) is 11.2 Å². The summed E-state index contributed by atoms with van der Waals surface area (Å²) in [6, 6.07) is 19.9. The molecular weight excluding hydrogens is 455 g/mol. The Morgan fingerprint density at radius 3 is 2.30 bits per heavy atom. The van der Waals surface area contributed by atoms with Crippen LogP contribution < -0.4 is 10.6 Å². The molecule has 0 atom stereocenters. The normalized spacial score (nSPS) is 11.2. The molecule has 3 aromatic rings. The maximum atomic E-state index is 13.1. The highest BCUT2D eigenvalue weighted by molar-refractivity contribution is 6.36. The quantitative estimate of drug-likeness (QED) is 0.339.